The van der Waals surface area contributed by atoms with Crippen molar-refractivity contribution in [1.29, 1.82) is 0 Å². The largest absolute Gasteiger partial charge is 0.756 e. The van der Waals surface area contributed by atoms with Crippen molar-refractivity contribution < 1.29 is 66.4 Å². The summed E-state index contributed by atoms with van der Waals surface area (Å²) in [5.41, 5.74) is 11.7. The number of carbonyl (C=O) groups is 1. The first kappa shape index (κ1) is 31.5. The van der Waals surface area contributed by atoms with Gasteiger partial charge in [0.1, 0.15) is 41.9 Å². The molecule has 234 valence electrons. The molecule has 5 rings (SSSR count). The second kappa shape index (κ2) is 12.2. The quantitative estimate of drug-likeness (QED) is 0.0916. The SMILES string of the molecule is NC(=O)c1ccc[n+](C2OC(COP(=O)(O)OP(=O)([O-])OCC3OC(n4cnc5c(N)ncnc54)CC3O)C(O)C2O)c1. The molecule has 0 saturated carbocycles. The molecule has 43 heavy (non-hydrogen) atoms. The molecule has 3 aromatic heterocycles. The lowest BCUT2D eigenvalue weighted by atomic mass is 10.1. The average Bonchev–Trinajstić information content (AvgIpc) is 3.62. The Morgan fingerprint density at radius 1 is 1.14 bits per heavy atom. The van der Waals surface area contributed by atoms with Crippen LogP contribution >= 0.6 is 15.6 Å². The van der Waals surface area contributed by atoms with Gasteiger partial charge in [0.05, 0.1) is 25.6 Å². The third-order valence-corrected chi connectivity index (χ3v) is 9.21. The van der Waals surface area contributed by atoms with Crippen LogP contribution < -0.4 is 20.9 Å². The van der Waals surface area contributed by atoms with Gasteiger partial charge >= 0.3 is 7.82 Å². The molecule has 9 atom stereocenters. The van der Waals surface area contributed by atoms with Crippen LogP contribution in [0.1, 0.15) is 29.2 Å². The van der Waals surface area contributed by atoms with Crippen molar-refractivity contribution in [2.45, 2.75) is 49.4 Å². The number of aliphatic hydroxyl groups is 3. The number of nitrogen functional groups attached to an aromatic ring is 1. The number of anilines is 1. The number of phosphoric acid groups is 2. The Bertz CT molecular complexity index is 1590. The number of hydrogen-bond donors (Lipinski definition) is 6. The van der Waals surface area contributed by atoms with Crippen molar-refractivity contribution in [2.75, 3.05) is 18.9 Å². The summed E-state index contributed by atoms with van der Waals surface area (Å²) in [4.78, 5) is 45.7. The molecule has 20 nitrogen and oxygen atoms in total. The Kier molecular flexibility index (Phi) is 8.92. The number of nitrogens with two attached hydrogens (primary N) is 2. The predicted molar refractivity (Wildman–Crippen MR) is 136 cm³/mol. The summed E-state index contributed by atoms with van der Waals surface area (Å²) in [6.45, 7) is -1.68. The zero-order chi connectivity index (χ0) is 31.1. The van der Waals surface area contributed by atoms with E-state index in [1.54, 1.807) is 0 Å². The summed E-state index contributed by atoms with van der Waals surface area (Å²) in [5.74, 6) is -0.632. The Morgan fingerprint density at radius 2 is 1.88 bits per heavy atom. The van der Waals surface area contributed by atoms with E-state index in [0.29, 0.717) is 11.2 Å². The van der Waals surface area contributed by atoms with Gasteiger partial charge in [-0.3, -0.25) is 18.5 Å². The van der Waals surface area contributed by atoms with Gasteiger partial charge in [0, 0.05) is 12.5 Å². The van der Waals surface area contributed by atoms with Crippen LogP contribution in [0.25, 0.3) is 11.2 Å². The number of primary amides is 1. The highest BCUT2D eigenvalue weighted by atomic mass is 31.3. The summed E-state index contributed by atoms with van der Waals surface area (Å²) >= 11 is 0. The normalized spacial score (nSPS) is 30.3. The first-order valence-electron chi connectivity index (χ1n) is 12.5. The summed E-state index contributed by atoms with van der Waals surface area (Å²) < 4.78 is 52.0. The minimum atomic E-state index is -5.52. The molecule has 0 radical (unpaired) electrons. The van der Waals surface area contributed by atoms with E-state index < -0.39 is 77.7 Å². The first-order valence-corrected chi connectivity index (χ1v) is 15.4. The van der Waals surface area contributed by atoms with Gasteiger partial charge in [-0.25, -0.2) is 23.8 Å². The molecule has 5 heterocycles. The van der Waals surface area contributed by atoms with Crippen LogP contribution in [0.15, 0.2) is 37.2 Å². The lowest BCUT2D eigenvalue weighted by Gasteiger charge is -2.26. The third kappa shape index (κ3) is 6.91. The second-order valence-corrected chi connectivity index (χ2v) is 12.6. The highest BCUT2D eigenvalue weighted by molar-refractivity contribution is 7.60. The number of aromatic nitrogens is 5. The van der Waals surface area contributed by atoms with Crippen molar-refractivity contribution in [1.82, 2.24) is 19.5 Å². The predicted octanol–water partition coefficient (Wildman–Crippen LogP) is -2.62. The van der Waals surface area contributed by atoms with E-state index in [1.165, 1.54) is 46.3 Å². The van der Waals surface area contributed by atoms with Crippen molar-refractivity contribution >= 4 is 38.5 Å². The van der Waals surface area contributed by atoms with Gasteiger partial charge in [-0.1, -0.05) is 0 Å². The molecular weight excluding hydrogens is 620 g/mol. The third-order valence-electron chi connectivity index (χ3n) is 6.64. The Labute approximate surface area is 241 Å². The minimum absolute atomic E-state index is 0.00329. The summed E-state index contributed by atoms with van der Waals surface area (Å²) in [6.07, 6.45) is -3.86. The number of imidazole rings is 1. The van der Waals surface area contributed by atoms with E-state index in [9.17, 15) is 39.0 Å². The van der Waals surface area contributed by atoms with Crippen LogP contribution in [0.4, 0.5) is 5.82 Å². The van der Waals surface area contributed by atoms with E-state index in [1.807, 2.05) is 0 Å². The zero-order valence-electron chi connectivity index (χ0n) is 21.9. The fourth-order valence-electron chi connectivity index (χ4n) is 4.53. The number of amides is 1. The van der Waals surface area contributed by atoms with Gasteiger partial charge in [-0.15, -0.1) is 0 Å². The molecule has 3 aromatic rings. The minimum Gasteiger partial charge on any atom is -0.756 e. The molecule has 1 amide bonds. The van der Waals surface area contributed by atoms with E-state index in [-0.39, 0.29) is 17.8 Å². The van der Waals surface area contributed by atoms with Crippen molar-refractivity contribution in [2.24, 2.45) is 5.73 Å². The highest BCUT2D eigenvalue weighted by Crippen LogP contribution is 2.58. The van der Waals surface area contributed by atoms with E-state index in [2.05, 4.69) is 28.3 Å². The van der Waals surface area contributed by atoms with Crippen LogP contribution in [0.5, 0.6) is 0 Å². The molecule has 0 bridgehead atoms. The molecule has 22 heteroatoms. The Hall–Kier alpha value is -2.97. The number of pyridine rings is 1. The molecule has 2 aliphatic rings. The number of fused-ring (bicyclic) bond motifs is 1. The number of phosphoric ester groups is 2. The first-order chi connectivity index (χ1) is 20.2. The maximum atomic E-state index is 12.4. The number of rotatable bonds is 11. The fraction of sp³-hybridized carbons (Fsp3) is 0.476. The summed E-state index contributed by atoms with van der Waals surface area (Å²) in [7, 11) is -10.9. The number of carbonyl (C=O) groups excluding carboxylic acids is 1. The molecule has 8 N–H and O–H groups in total. The molecule has 9 unspecified atom stereocenters. The smallest absolute Gasteiger partial charge is 0.478 e. The van der Waals surface area contributed by atoms with E-state index in [4.69, 9.17) is 20.9 Å². The maximum absolute atomic E-state index is 12.4. The van der Waals surface area contributed by atoms with Crippen LogP contribution in [0, 0.1) is 0 Å². The molecule has 0 aliphatic carbocycles. The van der Waals surface area contributed by atoms with E-state index >= 15 is 0 Å². The van der Waals surface area contributed by atoms with Gasteiger partial charge in [0.2, 0.25) is 0 Å². The second-order valence-electron chi connectivity index (χ2n) is 9.55. The highest BCUT2D eigenvalue weighted by Gasteiger charge is 2.49. The standard InChI is InChI=1S/C21H27N7O13P2/c22-18-15-20(25-8-24-18)28(9-26-15)14-4-11(29)12(39-14)6-37-42(33,34)41-43(35,36)38-7-13-16(30)17(31)21(40-13)27-3-1-2-10(5-27)19(23)32/h1-3,5,8-9,11-14,16-17,21,29-31H,4,6-7H2,(H5-,22,23,24,25,32,33,34,35,36). The van der Waals surface area contributed by atoms with Gasteiger partial charge < -0.3 is 50.6 Å². The molecule has 0 spiro atoms. The average molecular weight is 647 g/mol. The number of nitrogens with zero attached hydrogens (tertiary/aromatic N) is 5. The lowest BCUT2D eigenvalue weighted by Crippen LogP contribution is -2.46. The summed E-state index contributed by atoms with van der Waals surface area (Å²) in [6, 6.07) is 2.85. The number of aliphatic hydroxyl groups excluding tert-OH is 3. The van der Waals surface area contributed by atoms with Crippen molar-refractivity contribution in [3.8, 4) is 0 Å². The fourth-order valence-corrected chi connectivity index (χ4v) is 6.59. The monoisotopic (exact) mass is 647 g/mol. The number of ether oxygens (including phenoxy) is 2. The van der Waals surface area contributed by atoms with E-state index in [0.717, 1.165) is 0 Å². The molecule has 2 fully saturated rings. The molecule has 2 aliphatic heterocycles. The lowest BCUT2D eigenvalue weighted by molar-refractivity contribution is -0.765. The maximum Gasteiger partial charge on any atom is 0.478 e. The van der Waals surface area contributed by atoms with Gasteiger partial charge in [-0.05, 0) is 6.07 Å². The van der Waals surface area contributed by atoms with Gasteiger partial charge in [0.15, 0.2) is 30.0 Å². The van der Waals surface area contributed by atoms with Crippen LogP contribution in [-0.2, 0) is 32.0 Å². The topological polar surface area (TPSA) is 301 Å². The Balaban J connectivity index is 1.14. The van der Waals surface area contributed by atoms with Gasteiger partial charge in [0.25, 0.3) is 20.0 Å². The molecule has 0 aromatic carbocycles. The molecule has 2 saturated heterocycles. The van der Waals surface area contributed by atoms with Crippen LogP contribution in [0.3, 0.4) is 0 Å². The number of hydrogen-bond acceptors (Lipinski definition) is 16. The summed E-state index contributed by atoms with van der Waals surface area (Å²) in [5, 5.41) is 31.1. The Morgan fingerprint density at radius 3 is 2.63 bits per heavy atom. The van der Waals surface area contributed by atoms with Crippen LogP contribution in [0.2, 0.25) is 0 Å². The van der Waals surface area contributed by atoms with Crippen molar-refractivity contribution in [3.05, 3.63) is 42.7 Å². The molecular formula is C21H27N7O13P2. The zero-order valence-corrected chi connectivity index (χ0v) is 23.7. The van der Waals surface area contributed by atoms with Crippen LogP contribution in [-0.4, -0.2) is 89.4 Å². The van der Waals surface area contributed by atoms with Gasteiger partial charge in [-0.2, -0.15) is 4.57 Å². The van der Waals surface area contributed by atoms with Crippen molar-refractivity contribution in [3.63, 3.8) is 0 Å².